The van der Waals surface area contributed by atoms with E-state index in [-0.39, 0.29) is 31.4 Å². The van der Waals surface area contributed by atoms with E-state index in [2.05, 4.69) is 4.98 Å². The average molecular weight is 382 g/mol. The Morgan fingerprint density at radius 3 is 2.71 bits per heavy atom. The third kappa shape index (κ3) is 2.96. The number of amides is 1. The summed E-state index contributed by atoms with van der Waals surface area (Å²) in [5.74, 6) is 1.76. The first kappa shape index (κ1) is 17.3. The van der Waals surface area contributed by atoms with Crippen molar-refractivity contribution in [1.82, 2.24) is 9.88 Å². The lowest BCUT2D eigenvalue weighted by Gasteiger charge is -2.44. The fourth-order valence-electron chi connectivity index (χ4n) is 4.70. The molecule has 2 atom stereocenters. The van der Waals surface area contributed by atoms with Crippen LogP contribution in [-0.2, 0) is 10.4 Å². The summed E-state index contributed by atoms with van der Waals surface area (Å²) in [4.78, 5) is 18.8. The molecule has 2 fully saturated rings. The van der Waals surface area contributed by atoms with Crippen LogP contribution in [0, 0.1) is 0 Å². The molecule has 3 aliphatic heterocycles. The van der Waals surface area contributed by atoms with Crippen molar-refractivity contribution in [3.8, 4) is 17.4 Å². The van der Waals surface area contributed by atoms with Crippen molar-refractivity contribution in [2.45, 2.75) is 43.4 Å². The van der Waals surface area contributed by atoms with Crippen LogP contribution in [0.4, 0.5) is 0 Å². The molecule has 0 spiro atoms. The third-order valence-corrected chi connectivity index (χ3v) is 5.95. The quantitative estimate of drug-likeness (QED) is 0.873. The lowest BCUT2D eigenvalue weighted by molar-refractivity contribution is -0.144. The van der Waals surface area contributed by atoms with E-state index in [1.54, 1.807) is 18.3 Å². The lowest BCUT2D eigenvalue weighted by Crippen LogP contribution is -2.53. The predicted molar refractivity (Wildman–Crippen MR) is 99.1 cm³/mol. The number of aromatic nitrogens is 1. The average Bonchev–Trinajstić information content (AvgIpc) is 3.29. The molecule has 1 aromatic heterocycles. The molecule has 0 aliphatic carbocycles. The zero-order valence-corrected chi connectivity index (χ0v) is 15.4. The fourth-order valence-corrected chi connectivity index (χ4v) is 4.70. The summed E-state index contributed by atoms with van der Waals surface area (Å²) in [7, 11) is 0. The minimum Gasteiger partial charge on any atom is -0.468 e. The smallest absolute Gasteiger partial charge is 0.261 e. The van der Waals surface area contributed by atoms with Crippen LogP contribution in [0.5, 0.6) is 17.4 Å². The first-order valence-corrected chi connectivity index (χ1v) is 9.60. The van der Waals surface area contributed by atoms with E-state index in [4.69, 9.17) is 14.2 Å². The molecule has 28 heavy (non-hydrogen) atoms. The van der Waals surface area contributed by atoms with Gasteiger partial charge in [0.2, 0.25) is 12.7 Å². The molecule has 1 amide bonds. The molecule has 2 bridgehead atoms. The number of hydrogen-bond donors (Lipinski definition) is 1. The summed E-state index contributed by atoms with van der Waals surface area (Å²) in [6.45, 7) is 0.174. The largest absolute Gasteiger partial charge is 0.468 e. The number of carbonyl (C=O) groups excluding carboxylic acids is 1. The molecule has 3 aliphatic rings. The van der Waals surface area contributed by atoms with Gasteiger partial charge >= 0.3 is 0 Å². The molecule has 1 aromatic carbocycles. The Bertz CT molecular complexity index is 874. The van der Waals surface area contributed by atoms with Gasteiger partial charge in [0.05, 0.1) is 5.60 Å². The number of nitrogens with zero attached hydrogens (tertiary/aromatic N) is 2. The van der Waals surface area contributed by atoms with E-state index in [1.807, 2.05) is 29.2 Å². The lowest BCUT2D eigenvalue weighted by atomic mass is 9.80. The molecule has 146 valence electrons. The Morgan fingerprint density at radius 1 is 1.18 bits per heavy atom. The van der Waals surface area contributed by atoms with E-state index in [0.717, 1.165) is 18.4 Å². The van der Waals surface area contributed by atoms with Gasteiger partial charge in [0, 0.05) is 37.2 Å². The number of piperidine rings is 1. The highest BCUT2D eigenvalue weighted by Crippen LogP contribution is 2.47. The van der Waals surface area contributed by atoms with E-state index < -0.39 is 5.60 Å². The summed E-state index contributed by atoms with van der Waals surface area (Å²) in [5.41, 5.74) is -0.142. The van der Waals surface area contributed by atoms with Crippen LogP contribution in [0.3, 0.4) is 0 Å². The summed E-state index contributed by atoms with van der Waals surface area (Å²) in [5, 5.41) is 11.4. The molecule has 4 heterocycles. The minimum atomic E-state index is -0.967. The minimum absolute atomic E-state index is 0.00834. The van der Waals surface area contributed by atoms with Crippen molar-refractivity contribution in [3.05, 3.63) is 48.2 Å². The van der Waals surface area contributed by atoms with Crippen LogP contribution >= 0.6 is 0 Å². The van der Waals surface area contributed by atoms with Gasteiger partial charge in [-0.15, -0.1) is 0 Å². The highest BCUT2D eigenvalue weighted by atomic mass is 16.7. The van der Waals surface area contributed by atoms with Gasteiger partial charge in [0.1, 0.15) is 0 Å². The molecule has 0 unspecified atom stereocenters. The molecular weight excluding hydrogens is 360 g/mol. The van der Waals surface area contributed by atoms with Crippen LogP contribution in [0.15, 0.2) is 42.6 Å². The first-order valence-electron chi connectivity index (χ1n) is 9.60. The highest BCUT2D eigenvalue weighted by molar-refractivity contribution is 5.79. The van der Waals surface area contributed by atoms with Crippen LogP contribution in [0.1, 0.15) is 31.2 Å². The Hall–Kier alpha value is -2.80. The van der Waals surface area contributed by atoms with Gasteiger partial charge in [-0.05, 0) is 36.6 Å². The summed E-state index contributed by atoms with van der Waals surface area (Å²) < 4.78 is 16.4. The van der Waals surface area contributed by atoms with Gasteiger partial charge in [-0.1, -0.05) is 12.1 Å². The number of benzene rings is 1. The van der Waals surface area contributed by atoms with Crippen LogP contribution in [0.25, 0.3) is 0 Å². The topological polar surface area (TPSA) is 81.1 Å². The molecular formula is C21H22N2O5. The van der Waals surface area contributed by atoms with E-state index in [1.165, 1.54) is 0 Å². The Labute approximate surface area is 162 Å². The SMILES string of the molecule is O=C(COc1ccccn1)N1[C@@H]2CC[C@@H]1CC(O)(c1ccc3c(c1)OCO3)C2. The highest BCUT2D eigenvalue weighted by Gasteiger charge is 2.50. The van der Waals surface area contributed by atoms with Gasteiger partial charge < -0.3 is 24.2 Å². The maximum absolute atomic E-state index is 12.8. The van der Waals surface area contributed by atoms with Crippen molar-refractivity contribution in [2.75, 3.05) is 13.4 Å². The molecule has 5 rings (SSSR count). The second-order valence-electron chi connectivity index (χ2n) is 7.65. The van der Waals surface area contributed by atoms with Crippen molar-refractivity contribution in [1.29, 1.82) is 0 Å². The van der Waals surface area contributed by atoms with E-state index >= 15 is 0 Å². The van der Waals surface area contributed by atoms with E-state index in [9.17, 15) is 9.90 Å². The number of aliphatic hydroxyl groups is 1. The summed E-state index contributed by atoms with van der Waals surface area (Å²) in [6, 6.07) is 11.0. The van der Waals surface area contributed by atoms with Gasteiger partial charge in [-0.2, -0.15) is 0 Å². The number of carbonyl (C=O) groups is 1. The Balaban J connectivity index is 1.30. The van der Waals surface area contributed by atoms with Crippen molar-refractivity contribution in [2.24, 2.45) is 0 Å². The van der Waals surface area contributed by atoms with Crippen molar-refractivity contribution in [3.63, 3.8) is 0 Å². The summed E-state index contributed by atoms with van der Waals surface area (Å²) >= 11 is 0. The fraction of sp³-hybridized carbons (Fsp3) is 0.429. The molecule has 2 saturated heterocycles. The molecule has 2 aromatic rings. The van der Waals surface area contributed by atoms with Crippen LogP contribution in [-0.4, -0.2) is 46.4 Å². The number of rotatable bonds is 4. The van der Waals surface area contributed by atoms with Crippen LogP contribution in [0.2, 0.25) is 0 Å². The number of fused-ring (bicyclic) bond motifs is 3. The molecule has 7 heteroatoms. The molecule has 1 N–H and O–H groups in total. The maximum Gasteiger partial charge on any atom is 0.261 e. The van der Waals surface area contributed by atoms with E-state index in [0.29, 0.717) is 30.2 Å². The number of pyridine rings is 1. The maximum atomic E-state index is 12.8. The van der Waals surface area contributed by atoms with Gasteiger partial charge in [-0.25, -0.2) is 4.98 Å². The van der Waals surface area contributed by atoms with Crippen molar-refractivity contribution >= 4 is 5.91 Å². The predicted octanol–water partition coefficient (Wildman–Crippen LogP) is 2.23. The second-order valence-corrected chi connectivity index (χ2v) is 7.65. The third-order valence-electron chi connectivity index (χ3n) is 5.95. The molecule has 0 saturated carbocycles. The molecule has 7 nitrogen and oxygen atoms in total. The standard InChI is InChI=1S/C21H22N2O5/c24-20(12-26-19-3-1-2-8-22-19)23-15-5-6-16(23)11-21(25,10-15)14-4-7-17-18(9-14)28-13-27-17/h1-4,7-9,15-16,25H,5-6,10-13H2/t15-,16-/m1/s1. The molecule has 0 radical (unpaired) electrons. The zero-order chi connectivity index (χ0) is 19.1. The Kier molecular flexibility index (Phi) is 4.12. The first-order chi connectivity index (χ1) is 13.6. The normalized spacial score (nSPS) is 27.7. The van der Waals surface area contributed by atoms with Crippen LogP contribution < -0.4 is 14.2 Å². The van der Waals surface area contributed by atoms with Gasteiger partial charge in [-0.3, -0.25) is 4.79 Å². The second kappa shape index (κ2) is 6.67. The monoisotopic (exact) mass is 382 g/mol. The number of ether oxygens (including phenoxy) is 3. The summed E-state index contributed by atoms with van der Waals surface area (Å²) in [6.07, 6.45) is 4.45. The number of hydrogen-bond acceptors (Lipinski definition) is 6. The van der Waals surface area contributed by atoms with Crippen molar-refractivity contribution < 1.29 is 24.1 Å². The Morgan fingerprint density at radius 2 is 1.96 bits per heavy atom. The van der Waals surface area contributed by atoms with Gasteiger partial charge in [0.15, 0.2) is 18.1 Å². The van der Waals surface area contributed by atoms with Gasteiger partial charge in [0.25, 0.3) is 5.91 Å². The zero-order valence-electron chi connectivity index (χ0n) is 15.4.